The number of anilines is 3. The lowest BCUT2D eigenvalue weighted by Gasteiger charge is -2.26. The molecule has 0 saturated carbocycles. The summed E-state index contributed by atoms with van der Waals surface area (Å²) in [5.41, 5.74) is 22.4. The SMILES string of the molecule is CC1(C)c2ccc(-c3ccc(N(c4ccc(-c5cccc6c5sc5ccccc56)cc4)c4ccc(-c5cccc6oc7ccccc7c56)cc4)cc3)cc2-c2cc(-c3ccccc3)cc(-c3ccccc3)c21. The van der Waals surface area contributed by atoms with Gasteiger partial charge in [-0.25, -0.2) is 0 Å². The van der Waals surface area contributed by atoms with E-state index in [1.807, 2.05) is 23.5 Å². The maximum atomic E-state index is 6.30. The average molecular weight is 938 g/mol. The van der Waals surface area contributed by atoms with Gasteiger partial charge >= 0.3 is 0 Å². The van der Waals surface area contributed by atoms with Crippen molar-refractivity contribution in [3.63, 3.8) is 0 Å². The van der Waals surface area contributed by atoms with Crippen molar-refractivity contribution >= 4 is 70.5 Å². The predicted octanol–water partition coefficient (Wildman–Crippen LogP) is 20.1. The number of para-hydroxylation sites is 1. The molecular formula is C69H47NOS. The van der Waals surface area contributed by atoms with Crippen LogP contribution in [0, 0.1) is 0 Å². The van der Waals surface area contributed by atoms with E-state index in [2.05, 4.69) is 255 Å². The molecule has 1 aliphatic carbocycles. The second-order valence-corrected chi connectivity index (χ2v) is 20.6. The minimum absolute atomic E-state index is 0.178. The van der Waals surface area contributed by atoms with E-state index in [4.69, 9.17) is 4.42 Å². The van der Waals surface area contributed by atoms with Crippen molar-refractivity contribution in [3.05, 3.63) is 260 Å². The summed E-state index contributed by atoms with van der Waals surface area (Å²) in [6.45, 7) is 4.78. The number of hydrogen-bond acceptors (Lipinski definition) is 3. The quantitative estimate of drug-likeness (QED) is 0.151. The van der Waals surface area contributed by atoms with Crippen molar-refractivity contribution in [1.82, 2.24) is 0 Å². The van der Waals surface area contributed by atoms with Gasteiger partial charge in [0.15, 0.2) is 0 Å². The smallest absolute Gasteiger partial charge is 0.136 e. The average Bonchev–Trinajstić information content (AvgIpc) is 4.09. The molecule has 0 unspecified atom stereocenters. The van der Waals surface area contributed by atoms with E-state index in [1.165, 1.54) is 86.9 Å². The number of fused-ring (bicyclic) bond motifs is 9. The maximum Gasteiger partial charge on any atom is 0.136 e. The van der Waals surface area contributed by atoms with Crippen LogP contribution in [0.5, 0.6) is 0 Å². The van der Waals surface area contributed by atoms with Gasteiger partial charge in [0, 0.05) is 53.4 Å². The van der Waals surface area contributed by atoms with E-state index in [9.17, 15) is 0 Å². The van der Waals surface area contributed by atoms with Crippen molar-refractivity contribution in [2.75, 3.05) is 4.90 Å². The number of furan rings is 1. The minimum Gasteiger partial charge on any atom is -0.456 e. The Balaban J connectivity index is 0.862. The molecule has 0 saturated heterocycles. The largest absolute Gasteiger partial charge is 0.456 e. The normalized spacial score (nSPS) is 12.7. The fraction of sp³-hybridized carbons (Fsp3) is 0.0435. The Morgan fingerprint density at radius 3 is 1.57 bits per heavy atom. The summed E-state index contributed by atoms with van der Waals surface area (Å²) in [6.07, 6.45) is 0. The molecule has 2 nitrogen and oxygen atoms in total. The molecule has 0 fully saturated rings. The summed E-state index contributed by atoms with van der Waals surface area (Å²) in [5, 5.41) is 4.90. The summed E-state index contributed by atoms with van der Waals surface area (Å²) >= 11 is 1.87. The summed E-state index contributed by atoms with van der Waals surface area (Å²) in [4.78, 5) is 2.38. The molecule has 0 amide bonds. The molecule has 2 heterocycles. The van der Waals surface area contributed by atoms with Crippen LogP contribution in [-0.4, -0.2) is 0 Å². The lowest BCUT2D eigenvalue weighted by molar-refractivity contribution is 0.662. The Bertz CT molecular complexity index is 4200. The summed E-state index contributed by atoms with van der Waals surface area (Å²) in [7, 11) is 0. The van der Waals surface area contributed by atoms with Crippen molar-refractivity contribution in [1.29, 1.82) is 0 Å². The summed E-state index contributed by atoms with van der Waals surface area (Å²) in [5.74, 6) is 0. The van der Waals surface area contributed by atoms with Crippen molar-refractivity contribution in [2.24, 2.45) is 0 Å². The Kier molecular flexibility index (Phi) is 9.77. The van der Waals surface area contributed by atoms with Crippen molar-refractivity contribution < 1.29 is 4.42 Å². The highest BCUT2D eigenvalue weighted by Crippen LogP contribution is 2.54. The van der Waals surface area contributed by atoms with E-state index >= 15 is 0 Å². The molecule has 0 bridgehead atoms. The van der Waals surface area contributed by atoms with Gasteiger partial charge in [0.25, 0.3) is 0 Å². The molecule has 1 aliphatic rings. The van der Waals surface area contributed by atoms with Crippen LogP contribution in [0.3, 0.4) is 0 Å². The lowest BCUT2D eigenvalue weighted by Crippen LogP contribution is -2.16. The van der Waals surface area contributed by atoms with E-state index in [0.29, 0.717) is 0 Å². The van der Waals surface area contributed by atoms with Crippen LogP contribution in [0.4, 0.5) is 17.1 Å². The van der Waals surface area contributed by atoms with Gasteiger partial charge in [-0.05, 0) is 151 Å². The second-order valence-electron chi connectivity index (χ2n) is 19.6. The highest BCUT2D eigenvalue weighted by Gasteiger charge is 2.38. The Morgan fingerprint density at radius 1 is 0.347 bits per heavy atom. The zero-order chi connectivity index (χ0) is 47.9. The van der Waals surface area contributed by atoms with E-state index in [-0.39, 0.29) is 5.41 Å². The number of thiophene rings is 1. The van der Waals surface area contributed by atoms with Crippen LogP contribution in [0.15, 0.2) is 253 Å². The molecule has 0 radical (unpaired) electrons. The van der Waals surface area contributed by atoms with Gasteiger partial charge in [-0.3, -0.25) is 0 Å². The van der Waals surface area contributed by atoms with E-state index < -0.39 is 0 Å². The van der Waals surface area contributed by atoms with Crippen LogP contribution >= 0.6 is 11.3 Å². The molecule has 13 aromatic rings. The molecule has 14 rings (SSSR count). The van der Waals surface area contributed by atoms with Crippen LogP contribution in [0.2, 0.25) is 0 Å². The third-order valence-electron chi connectivity index (χ3n) is 15.1. The molecule has 11 aromatic carbocycles. The monoisotopic (exact) mass is 937 g/mol. The first-order chi connectivity index (χ1) is 35.4. The number of hydrogen-bond donors (Lipinski definition) is 0. The first-order valence-corrected chi connectivity index (χ1v) is 25.6. The molecule has 0 N–H and O–H groups in total. The van der Waals surface area contributed by atoms with Gasteiger partial charge in [-0.15, -0.1) is 11.3 Å². The second kappa shape index (κ2) is 16.7. The first-order valence-electron chi connectivity index (χ1n) is 24.8. The Labute approximate surface area is 423 Å². The van der Waals surface area contributed by atoms with Gasteiger partial charge < -0.3 is 9.32 Å². The van der Waals surface area contributed by atoms with Gasteiger partial charge in [0.2, 0.25) is 0 Å². The van der Waals surface area contributed by atoms with Crippen molar-refractivity contribution in [3.8, 4) is 66.8 Å². The van der Waals surface area contributed by atoms with E-state index in [1.54, 1.807) is 0 Å². The lowest BCUT2D eigenvalue weighted by atomic mass is 9.78. The van der Waals surface area contributed by atoms with Crippen LogP contribution < -0.4 is 4.90 Å². The Morgan fingerprint density at radius 2 is 0.847 bits per heavy atom. The standard InChI is InChI=1S/C69H47NOS/c1-69(2)62-40-33-49(41-60(62)61-43-50(44-15-5-3-6-16-44)42-59(67(61)69)46-17-7-4-8-18-46)45-27-34-51(35-28-45)70(52-36-29-47(30-37-52)54-21-14-25-64-66(54)58-20-9-11-24-63(58)71-64)53-38-31-48(32-39-53)55-22-13-23-57-56-19-10-12-26-65(56)72-68(55)57/h3-43H,1-2H3. The van der Waals surface area contributed by atoms with Gasteiger partial charge in [-0.1, -0.05) is 190 Å². The first kappa shape index (κ1) is 42.1. The molecule has 0 atom stereocenters. The fourth-order valence-corrected chi connectivity index (χ4v) is 12.9. The molecule has 72 heavy (non-hydrogen) atoms. The van der Waals surface area contributed by atoms with Crippen molar-refractivity contribution in [2.45, 2.75) is 19.3 Å². The molecule has 3 heteroatoms. The predicted molar refractivity (Wildman–Crippen MR) is 306 cm³/mol. The minimum atomic E-state index is -0.178. The van der Waals surface area contributed by atoms with Gasteiger partial charge in [0.1, 0.15) is 11.2 Å². The van der Waals surface area contributed by atoms with Crippen LogP contribution in [-0.2, 0) is 5.41 Å². The Hall–Kier alpha value is -8.76. The molecule has 0 spiro atoms. The fourth-order valence-electron chi connectivity index (χ4n) is 11.6. The number of rotatable bonds is 8. The highest BCUT2D eigenvalue weighted by atomic mass is 32.1. The highest BCUT2D eigenvalue weighted by molar-refractivity contribution is 7.26. The van der Waals surface area contributed by atoms with Gasteiger partial charge in [0.05, 0.1) is 0 Å². The molecular weight excluding hydrogens is 891 g/mol. The molecule has 2 aromatic heterocycles. The maximum absolute atomic E-state index is 6.30. The van der Waals surface area contributed by atoms with E-state index in [0.717, 1.165) is 50.1 Å². The van der Waals surface area contributed by atoms with Crippen LogP contribution in [0.1, 0.15) is 25.0 Å². The number of nitrogens with zero attached hydrogens (tertiary/aromatic N) is 1. The van der Waals surface area contributed by atoms with Gasteiger partial charge in [-0.2, -0.15) is 0 Å². The zero-order valence-corrected chi connectivity index (χ0v) is 40.8. The van der Waals surface area contributed by atoms with Crippen LogP contribution in [0.25, 0.3) is 109 Å². The third kappa shape index (κ3) is 6.84. The third-order valence-corrected chi connectivity index (χ3v) is 16.3. The topological polar surface area (TPSA) is 16.4 Å². The summed E-state index contributed by atoms with van der Waals surface area (Å²) in [6, 6.07) is 91.0. The zero-order valence-electron chi connectivity index (χ0n) is 39.9. The number of benzene rings is 11. The summed E-state index contributed by atoms with van der Waals surface area (Å²) < 4.78 is 8.93. The molecule has 340 valence electrons. The molecule has 0 aliphatic heterocycles.